The number of aromatic amines is 1. The average molecular weight is 156 g/mol. The number of rotatable bonds is 2. The minimum Gasteiger partial charge on any atom is -0.340 e. The summed E-state index contributed by atoms with van der Waals surface area (Å²) < 4.78 is 12.6. The number of hydrogen-bond donors (Lipinski definition) is 1. The molecule has 0 radical (unpaired) electrons. The maximum absolute atomic E-state index is 12.6. The third-order valence-corrected chi connectivity index (χ3v) is 1.36. The maximum atomic E-state index is 12.6. The van der Waals surface area contributed by atoms with E-state index in [0.717, 1.165) is 0 Å². The van der Waals surface area contributed by atoms with Crippen LogP contribution in [-0.4, -0.2) is 15.8 Å². The lowest BCUT2D eigenvalue weighted by molar-refractivity contribution is 0.0930. The zero-order chi connectivity index (χ0) is 8.43. The highest BCUT2D eigenvalue weighted by atomic mass is 19.1. The number of H-pyrrole nitrogens is 1. The molecule has 0 spiro atoms. The Hall–Kier alpha value is -1.19. The van der Waals surface area contributed by atoms with Gasteiger partial charge < -0.3 is 4.98 Å². The molecule has 60 valence electrons. The molecule has 1 rings (SSSR count). The smallest absolute Gasteiger partial charge is 0.241 e. The van der Waals surface area contributed by atoms with E-state index in [2.05, 4.69) is 9.97 Å². The van der Waals surface area contributed by atoms with Gasteiger partial charge in [0.2, 0.25) is 5.95 Å². The number of halogens is 1. The quantitative estimate of drug-likeness (QED) is 0.657. The summed E-state index contributed by atoms with van der Waals surface area (Å²) in [6, 6.07) is 0. The molecule has 0 amide bonds. The monoisotopic (exact) mass is 156 g/mol. The lowest BCUT2D eigenvalue weighted by atomic mass is 10.1. The average Bonchev–Trinajstić information content (AvgIpc) is 2.33. The van der Waals surface area contributed by atoms with E-state index in [-0.39, 0.29) is 17.4 Å². The Morgan fingerprint density at radius 1 is 1.73 bits per heavy atom. The second kappa shape index (κ2) is 2.82. The largest absolute Gasteiger partial charge is 0.340 e. The predicted octanol–water partition coefficient (Wildman–Crippen LogP) is 1.39. The molecule has 0 unspecified atom stereocenters. The van der Waals surface area contributed by atoms with Gasteiger partial charge >= 0.3 is 0 Å². The highest BCUT2D eigenvalue weighted by Gasteiger charge is 2.16. The van der Waals surface area contributed by atoms with Crippen molar-refractivity contribution >= 4 is 5.78 Å². The highest BCUT2D eigenvalue weighted by Crippen LogP contribution is 2.07. The third kappa shape index (κ3) is 1.45. The van der Waals surface area contributed by atoms with Crippen molar-refractivity contribution in [2.75, 3.05) is 0 Å². The number of aromatic nitrogens is 2. The first-order valence-electron chi connectivity index (χ1n) is 3.36. The fourth-order valence-electron chi connectivity index (χ4n) is 0.739. The summed E-state index contributed by atoms with van der Waals surface area (Å²) in [5, 5.41) is 0. The number of carbonyl (C=O) groups is 1. The van der Waals surface area contributed by atoms with Crippen LogP contribution in [0.4, 0.5) is 4.39 Å². The van der Waals surface area contributed by atoms with Crippen LogP contribution >= 0.6 is 0 Å². The van der Waals surface area contributed by atoms with Gasteiger partial charge in [0.1, 0.15) is 5.69 Å². The lowest BCUT2D eigenvalue weighted by Gasteiger charge is -1.99. The van der Waals surface area contributed by atoms with Crippen molar-refractivity contribution in [2.24, 2.45) is 5.92 Å². The fraction of sp³-hybridized carbons (Fsp3) is 0.429. The van der Waals surface area contributed by atoms with Gasteiger partial charge in [0.15, 0.2) is 5.78 Å². The van der Waals surface area contributed by atoms with Crippen molar-refractivity contribution in [3.8, 4) is 0 Å². The Bertz CT molecular complexity index is 267. The van der Waals surface area contributed by atoms with Crippen LogP contribution in [0.25, 0.3) is 0 Å². The first-order valence-corrected chi connectivity index (χ1v) is 3.36. The van der Waals surface area contributed by atoms with Gasteiger partial charge in [-0.25, -0.2) is 4.98 Å². The van der Waals surface area contributed by atoms with Gasteiger partial charge in [-0.2, -0.15) is 4.39 Å². The normalized spacial score (nSPS) is 10.5. The molecule has 0 atom stereocenters. The maximum Gasteiger partial charge on any atom is 0.241 e. The molecule has 1 aromatic rings. The summed E-state index contributed by atoms with van der Waals surface area (Å²) in [4.78, 5) is 16.8. The molecule has 0 saturated heterocycles. The van der Waals surface area contributed by atoms with Gasteiger partial charge in [-0.1, -0.05) is 13.8 Å². The number of nitrogens with zero attached hydrogens (tertiary/aromatic N) is 1. The summed E-state index contributed by atoms with van der Waals surface area (Å²) in [5.74, 6) is -1.17. The number of hydrogen-bond acceptors (Lipinski definition) is 2. The van der Waals surface area contributed by atoms with Crippen molar-refractivity contribution in [3.63, 3.8) is 0 Å². The molecule has 3 nitrogen and oxygen atoms in total. The Labute approximate surface area is 63.6 Å². The van der Waals surface area contributed by atoms with Crippen LogP contribution in [0.3, 0.4) is 0 Å². The first-order chi connectivity index (χ1) is 5.13. The van der Waals surface area contributed by atoms with Gasteiger partial charge in [-0.15, -0.1) is 0 Å². The molecular formula is C7H9FN2O. The van der Waals surface area contributed by atoms with Crippen LogP contribution in [0.15, 0.2) is 6.33 Å². The molecule has 0 fully saturated rings. The number of carbonyl (C=O) groups excluding carboxylic acids is 1. The standard InChI is InChI=1S/C7H9FN2O/c1-4(2)6(11)5-7(8)10-3-9-5/h3-4H,1-2H3,(H,9,10). The van der Waals surface area contributed by atoms with Crippen molar-refractivity contribution < 1.29 is 9.18 Å². The number of imidazole rings is 1. The van der Waals surface area contributed by atoms with Crippen LogP contribution in [0.2, 0.25) is 0 Å². The molecule has 1 N–H and O–H groups in total. The third-order valence-electron chi connectivity index (χ3n) is 1.36. The summed E-state index contributed by atoms with van der Waals surface area (Å²) in [6.45, 7) is 3.42. The predicted molar refractivity (Wildman–Crippen MR) is 37.7 cm³/mol. The van der Waals surface area contributed by atoms with Gasteiger partial charge in [0.05, 0.1) is 6.33 Å². The van der Waals surface area contributed by atoms with E-state index in [9.17, 15) is 9.18 Å². The van der Waals surface area contributed by atoms with E-state index in [1.165, 1.54) is 6.33 Å². The molecule has 1 aromatic heterocycles. The first kappa shape index (κ1) is 7.91. The van der Waals surface area contributed by atoms with E-state index >= 15 is 0 Å². The SMILES string of the molecule is CC(C)C(=O)c1[nH]cnc1F. The Kier molecular flexibility index (Phi) is 2.03. The summed E-state index contributed by atoms with van der Waals surface area (Å²) in [6.07, 6.45) is 1.17. The van der Waals surface area contributed by atoms with Gasteiger partial charge in [-0.3, -0.25) is 4.79 Å². The van der Waals surface area contributed by atoms with Crippen LogP contribution in [0.5, 0.6) is 0 Å². The number of ketones is 1. The highest BCUT2D eigenvalue weighted by molar-refractivity contribution is 5.95. The van der Waals surface area contributed by atoms with Crippen molar-refractivity contribution in [3.05, 3.63) is 18.0 Å². The molecule has 0 aliphatic rings. The van der Waals surface area contributed by atoms with E-state index in [4.69, 9.17) is 0 Å². The fourth-order valence-corrected chi connectivity index (χ4v) is 0.739. The zero-order valence-electron chi connectivity index (χ0n) is 6.39. The molecule has 0 aromatic carbocycles. The van der Waals surface area contributed by atoms with Crippen LogP contribution in [0.1, 0.15) is 24.3 Å². The second-order valence-electron chi connectivity index (χ2n) is 2.59. The lowest BCUT2D eigenvalue weighted by Crippen LogP contribution is -2.09. The molecule has 4 heteroatoms. The van der Waals surface area contributed by atoms with Crippen LogP contribution in [-0.2, 0) is 0 Å². The minimum atomic E-state index is -0.719. The van der Waals surface area contributed by atoms with E-state index in [0.29, 0.717) is 0 Å². The van der Waals surface area contributed by atoms with Crippen molar-refractivity contribution in [1.82, 2.24) is 9.97 Å². The molecule has 0 aliphatic heterocycles. The van der Waals surface area contributed by atoms with E-state index in [1.54, 1.807) is 13.8 Å². The van der Waals surface area contributed by atoms with Crippen LogP contribution < -0.4 is 0 Å². The second-order valence-corrected chi connectivity index (χ2v) is 2.59. The summed E-state index contributed by atoms with van der Waals surface area (Å²) in [5.41, 5.74) is -0.0278. The Morgan fingerprint density at radius 2 is 2.36 bits per heavy atom. The Balaban J connectivity index is 2.93. The number of nitrogens with one attached hydrogen (secondary N) is 1. The molecule has 11 heavy (non-hydrogen) atoms. The van der Waals surface area contributed by atoms with E-state index in [1.807, 2.05) is 0 Å². The zero-order valence-corrected chi connectivity index (χ0v) is 6.39. The van der Waals surface area contributed by atoms with Crippen molar-refractivity contribution in [1.29, 1.82) is 0 Å². The molecule has 0 aliphatic carbocycles. The van der Waals surface area contributed by atoms with Gasteiger partial charge in [0, 0.05) is 5.92 Å². The number of Topliss-reactive ketones (excluding diaryl/α,β-unsaturated/α-hetero) is 1. The summed E-state index contributed by atoms with van der Waals surface area (Å²) in [7, 11) is 0. The van der Waals surface area contributed by atoms with Crippen molar-refractivity contribution in [2.45, 2.75) is 13.8 Å². The van der Waals surface area contributed by atoms with Gasteiger partial charge in [-0.05, 0) is 0 Å². The molecular weight excluding hydrogens is 147 g/mol. The van der Waals surface area contributed by atoms with Crippen LogP contribution in [0, 0.1) is 11.9 Å². The topological polar surface area (TPSA) is 45.8 Å². The van der Waals surface area contributed by atoms with E-state index < -0.39 is 5.95 Å². The minimum absolute atomic E-state index is 0.0278. The summed E-state index contributed by atoms with van der Waals surface area (Å²) >= 11 is 0. The molecule has 1 heterocycles. The molecule has 0 bridgehead atoms. The van der Waals surface area contributed by atoms with Gasteiger partial charge in [0.25, 0.3) is 0 Å². The Morgan fingerprint density at radius 3 is 2.73 bits per heavy atom. The molecule has 0 saturated carbocycles.